The minimum atomic E-state index is -4.10. The molecule has 0 radical (unpaired) electrons. The van der Waals surface area contributed by atoms with Crippen molar-refractivity contribution in [2.75, 3.05) is 0 Å². The molecule has 0 aromatic heterocycles. The van der Waals surface area contributed by atoms with Crippen LogP contribution in [0.15, 0.2) is 84.9 Å². The molecule has 322 valence electrons. The first kappa shape index (κ1) is 47.8. The Bertz CT molecular complexity index is 2140. The molecule has 0 heterocycles. The maximum atomic E-state index is 3.02. The topological polar surface area (TPSA) is 0 Å². The van der Waals surface area contributed by atoms with Crippen LogP contribution < -0.4 is 20.7 Å². The van der Waals surface area contributed by atoms with E-state index in [2.05, 4.69) is 199 Å². The van der Waals surface area contributed by atoms with Gasteiger partial charge in [-0.3, -0.25) is 0 Å². The van der Waals surface area contributed by atoms with Gasteiger partial charge in [-0.1, -0.05) is 0 Å². The van der Waals surface area contributed by atoms with Crippen molar-refractivity contribution in [2.45, 2.75) is 160 Å². The van der Waals surface area contributed by atoms with Gasteiger partial charge in [0.05, 0.1) is 0 Å². The molecule has 0 saturated heterocycles. The van der Waals surface area contributed by atoms with E-state index in [4.69, 9.17) is 0 Å². The zero-order chi connectivity index (χ0) is 44.1. The second-order valence-electron chi connectivity index (χ2n) is 24.0. The number of benzene rings is 4. The van der Waals surface area contributed by atoms with E-state index in [0.717, 1.165) is 0 Å². The number of unbranched alkanes of at least 4 members (excludes halogenated alkanes) is 4. The van der Waals surface area contributed by atoms with Gasteiger partial charge in [-0.05, 0) is 0 Å². The molecule has 0 bridgehead atoms. The van der Waals surface area contributed by atoms with Crippen molar-refractivity contribution in [3.8, 4) is 22.3 Å². The van der Waals surface area contributed by atoms with Crippen LogP contribution in [0, 0.1) is 0 Å². The summed E-state index contributed by atoms with van der Waals surface area (Å²) >= 11 is -4.10. The quantitative estimate of drug-likeness (QED) is 0.0775. The summed E-state index contributed by atoms with van der Waals surface area (Å²) in [4.78, 5) is 0. The number of hydrogen-bond donors (Lipinski definition) is 0. The average Bonchev–Trinajstić information content (AvgIpc) is 3.82. The Hall–Kier alpha value is -1.69. The Labute approximate surface area is 373 Å². The van der Waals surface area contributed by atoms with E-state index in [1.54, 1.807) is 31.9 Å². The minimum absolute atomic E-state index is 0.559. The fourth-order valence-corrected chi connectivity index (χ4v) is 69.2. The van der Waals surface area contributed by atoms with E-state index in [1.165, 1.54) is 84.0 Å². The molecular formula is C54H82HfSi5. The van der Waals surface area contributed by atoms with E-state index in [9.17, 15) is 0 Å². The van der Waals surface area contributed by atoms with Crippen LogP contribution in [0.2, 0.25) is 100 Å². The predicted octanol–water partition coefficient (Wildman–Crippen LogP) is 15.2. The molecule has 0 spiro atoms. The molecule has 60 heavy (non-hydrogen) atoms. The van der Waals surface area contributed by atoms with Gasteiger partial charge in [0.1, 0.15) is 0 Å². The second-order valence-corrected chi connectivity index (χ2v) is 90.3. The fraction of sp³-hybridized carbons (Fsp3) is 0.481. The summed E-state index contributed by atoms with van der Waals surface area (Å²) in [5, 5.41) is 6.44. The van der Waals surface area contributed by atoms with Gasteiger partial charge in [-0.25, -0.2) is 0 Å². The molecule has 2 atom stereocenters. The van der Waals surface area contributed by atoms with Gasteiger partial charge in [0.25, 0.3) is 0 Å². The van der Waals surface area contributed by atoms with Crippen LogP contribution in [-0.4, -0.2) is 37.8 Å². The van der Waals surface area contributed by atoms with Gasteiger partial charge >= 0.3 is 377 Å². The van der Waals surface area contributed by atoms with Gasteiger partial charge < -0.3 is 0 Å². The number of hydrogen-bond acceptors (Lipinski definition) is 0. The summed E-state index contributed by atoms with van der Waals surface area (Å²) in [5.74, 6) is 0. The molecule has 4 aromatic carbocycles. The predicted molar refractivity (Wildman–Crippen MR) is 285 cm³/mol. The monoisotopic (exact) mass is 1050 g/mol. The number of allylic oxidation sites excluding steroid dienone is 2. The summed E-state index contributed by atoms with van der Waals surface area (Å²) in [6, 6.07) is 33.6. The molecule has 6 heteroatoms. The van der Waals surface area contributed by atoms with Gasteiger partial charge in [0.2, 0.25) is 0 Å². The molecule has 0 amide bonds. The van der Waals surface area contributed by atoms with Crippen LogP contribution in [0.1, 0.15) is 82.0 Å². The van der Waals surface area contributed by atoms with Crippen LogP contribution in [0.3, 0.4) is 0 Å². The third-order valence-corrected chi connectivity index (χ3v) is 79.1. The Balaban J connectivity index is 1.60. The van der Waals surface area contributed by atoms with Crippen LogP contribution >= 0.6 is 0 Å². The van der Waals surface area contributed by atoms with Crippen molar-refractivity contribution in [3.63, 3.8) is 0 Å². The summed E-state index contributed by atoms with van der Waals surface area (Å²) in [6.07, 6.45) is 19.0. The molecule has 4 aromatic rings. The van der Waals surface area contributed by atoms with E-state index >= 15 is 0 Å². The van der Waals surface area contributed by atoms with Gasteiger partial charge in [-0.15, -0.1) is 0 Å². The zero-order valence-corrected chi connectivity index (χ0v) is 49.6. The van der Waals surface area contributed by atoms with Crippen molar-refractivity contribution in [2.24, 2.45) is 0 Å². The summed E-state index contributed by atoms with van der Waals surface area (Å²) in [7, 11) is -6.11. The van der Waals surface area contributed by atoms with E-state index in [1.807, 2.05) is 0 Å². The molecule has 2 unspecified atom stereocenters. The zero-order valence-electron chi connectivity index (χ0n) is 41.0. The first-order valence-corrected chi connectivity index (χ1v) is 56.5. The Morgan fingerprint density at radius 3 is 1.10 bits per heavy atom. The van der Waals surface area contributed by atoms with Crippen LogP contribution in [0.4, 0.5) is 0 Å². The molecule has 0 fully saturated rings. The Morgan fingerprint density at radius 2 is 0.800 bits per heavy atom. The van der Waals surface area contributed by atoms with Crippen molar-refractivity contribution >= 4 is 70.7 Å². The molecular weight excluding hydrogens is 968 g/mol. The SMILES string of the molecule is CCCCC[Si](CCCCC)=[Hf]([CH3])([CH3])([CH]1C=Cc2c(-c3cc([Si](C)(C)C)cc([Si](C)(C)C)c3)cccc21)[CH]1C=Cc2c(-c3cc([Si](C)(C)C)cc([Si](C)(C)C)c3)cccc21. The standard InChI is InChI=1S/2C21H27Si2.C10H22Si.2CH3.Hf/c2*1-22(2,3)18-13-17(14-19(15-18)23(4,5)6)21-12-8-10-16-9-7-11-20(16)21;1-3-5-7-9-11-10-8-6-4-2;;;/h2*7-15H,1-6H3;3-10H2,1-2H3;2*1H3;. The molecule has 0 N–H and O–H groups in total. The van der Waals surface area contributed by atoms with Crippen molar-refractivity contribution in [3.05, 3.63) is 107 Å². The fourth-order valence-electron chi connectivity index (χ4n) is 10.7. The summed E-state index contributed by atoms with van der Waals surface area (Å²) < 4.78 is 7.15. The first-order valence-electron chi connectivity index (χ1n) is 23.9. The first-order chi connectivity index (χ1) is 27.9. The third-order valence-electron chi connectivity index (χ3n) is 15.0. The van der Waals surface area contributed by atoms with Crippen LogP contribution in [0.25, 0.3) is 34.4 Å². The second kappa shape index (κ2) is 17.7. The number of rotatable bonds is 16. The van der Waals surface area contributed by atoms with Gasteiger partial charge in [0.15, 0.2) is 0 Å². The van der Waals surface area contributed by atoms with Crippen molar-refractivity contribution in [1.82, 2.24) is 0 Å². The van der Waals surface area contributed by atoms with E-state index in [0.29, 0.717) is 7.35 Å². The molecule has 2 aliphatic carbocycles. The average molecular weight is 1050 g/mol. The Kier molecular flexibility index (Phi) is 14.1. The Morgan fingerprint density at radius 1 is 0.467 bits per heavy atom. The number of fused-ring (bicyclic) bond motifs is 2. The molecule has 2 aliphatic rings. The van der Waals surface area contributed by atoms with E-state index < -0.39 is 54.9 Å². The van der Waals surface area contributed by atoms with Crippen LogP contribution in [0.5, 0.6) is 0 Å². The maximum absolute atomic E-state index is 4.10. The summed E-state index contributed by atoms with van der Waals surface area (Å²) in [5.41, 5.74) is 11.6. The molecule has 6 rings (SSSR count). The van der Waals surface area contributed by atoms with E-state index in [-0.39, 0.29) is 0 Å². The molecule has 0 aliphatic heterocycles. The van der Waals surface area contributed by atoms with Crippen molar-refractivity contribution in [1.29, 1.82) is 0 Å². The molecule has 0 nitrogen and oxygen atoms in total. The van der Waals surface area contributed by atoms with Gasteiger partial charge in [0, 0.05) is 0 Å². The van der Waals surface area contributed by atoms with Crippen LogP contribution in [-0.2, 0) is 17.1 Å². The van der Waals surface area contributed by atoms with Crippen molar-refractivity contribution < 1.29 is 17.1 Å². The normalized spacial score (nSPS) is 17.0. The van der Waals surface area contributed by atoms with Gasteiger partial charge in [-0.2, -0.15) is 0 Å². The third kappa shape index (κ3) is 9.55. The summed E-state index contributed by atoms with van der Waals surface area (Å²) in [6.45, 7) is 35.1. The molecule has 0 saturated carbocycles.